The minimum absolute atomic E-state index is 0.370. The summed E-state index contributed by atoms with van der Waals surface area (Å²) >= 11 is 0. The molecular weight excluding hydrogens is 434 g/mol. The first-order valence-corrected chi connectivity index (χ1v) is 12.7. The third-order valence-corrected chi connectivity index (χ3v) is 8.72. The quantitative estimate of drug-likeness (QED) is 0.225. The molecule has 0 saturated heterocycles. The summed E-state index contributed by atoms with van der Waals surface area (Å²) in [6, 6.07) is 40.6. The highest BCUT2D eigenvalue weighted by Gasteiger charge is 2.53. The zero-order chi connectivity index (χ0) is 23.4. The molecule has 1 atom stereocenters. The van der Waals surface area contributed by atoms with E-state index in [1.165, 1.54) is 77.7 Å². The van der Waals surface area contributed by atoms with Gasteiger partial charge in [-0.25, -0.2) is 0 Å². The van der Waals surface area contributed by atoms with Crippen LogP contribution in [-0.4, -0.2) is 4.98 Å². The van der Waals surface area contributed by atoms with E-state index in [0.29, 0.717) is 0 Å². The van der Waals surface area contributed by atoms with E-state index in [0.717, 1.165) is 6.42 Å². The third kappa shape index (κ3) is 2.04. The van der Waals surface area contributed by atoms with E-state index < -0.39 is 0 Å². The van der Waals surface area contributed by atoms with Crippen LogP contribution in [0.1, 0.15) is 33.5 Å². The molecule has 166 valence electrons. The normalized spacial score (nSPS) is 17.4. The molecule has 0 bridgehead atoms. The lowest BCUT2D eigenvalue weighted by Gasteiger charge is -2.29. The van der Waals surface area contributed by atoms with Crippen molar-refractivity contribution < 1.29 is 0 Å². The first-order chi connectivity index (χ1) is 17.9. The number of hydrogen-bond donors (Lipinski definition) is 0. The van der Waals surface area contributed by atoms with Crippen molar-refractivity contribution in [1.82, 2.24) is 4.98 Å². The predicted molar refractivity (Wildman–Crippen MR) is 146 cm³/mol. The summed E-state index contributed by atoms with van der Waals surface area (Å²) in [5.74, 6) is 0. The summed E-state index contributed by atoms with van der Waals surface area (Å²) in [6.07, 6.45) is 2.94. The summed E-state index contributed by atoms with van der Waals surface area (Å²) in [4.78, 5) is 5.08. The van der Waals surface area contributed by atoms with Gasteiger partial charge < -0.3 is 0 Å². The van der Waals surface area contributed by atoms with Gasteiger partial charge in [0.15, 0.2) is 0 Å². The van der Waals surface area contributed by atoms with Gasteiger partial charge in [0.1, 0.15) is 0 Å². The van der Waals surface area contributed by atoms with Gasteiger partial charge in [-0.3, -0.25) is 4.98 Å². The molecule has 1 spiro atoms. The molecule has 1 heterocycles. The molecule has 6 aromatic rings. The number of pyridine rings is 1. The topological polar surface area (TPSA) is 12.9 Å². The summed E-state index contributed by atoms with van der Waals surface area (Å²) in [6.45, 7) is 0. The zero-order valence-electron chi connectivity index (χ0n) is 19.6. The molecule has 0 amide bonds. The molecule has 1 nitrogen and oxygen atoms in total. The molecule has 0 radical (unpaired) electrons. The molecule has 1 unspecified atom stereocenters. The maximum Gasteiger partial charge on any atom is 0.0898 e. The Kier molecular flexibility index (Phi) is 3.33. The van der Waals surface area contributed by atoms with Crippen LogP contribution in [-0.2, 0) is 11.8 Å². The second-order valence-electron chi connectivity index (χ2n) is 10.3. The summed E-state index contributed by atoms with van der Waals surface area (Å²) in [5.41, 5.74) is 15.8. The number of benzene rings is 5. The van der Waals surface area contributed by atoms with Gasteiger partial charge in [-0.2, -0.15) is 0 Å². The molecule has 9 rings (SSSR count). The average Bonchev–Trinajstić information content (AvgIpc) is 3.55. The highest BCUT2D eigenvalue weighted by Crippen LogP contribution is 2.63. The molecule has 36 heavy (non-hydrogen) atoms. The van der Waals surface area contributed by atoms with E-state index in [2.05, 4.69) is 109 Å². The van der Waals surface area contributed by atoms with Crippen molar-refractivity contribution >= 4 is 10.8 Å². The number of rotatable bonds is 0. The van der Waals surface area contributed by atoms with E-state index >= 15 is 0 Å². The molecule has 0 aliphatic heterocycles. The monoisotopic (exact) mass is 455 g/mol. The van der Waals surface area contributed by atoms with Gasteiger partial charge in [-0.15, -0.1) is 0 Å². The molecule has 5 aromatic carbocycles. The van der Waals surface area contributed by atoms with Crippen molar-refractivity contribution in [1.29, 1.82) is 0 Å². The fourth-order valence-corrected chi connectivity index (χ4v) is 7.37. The second-order valence-corrected chi connectivity index (χ2v) is 10.3. The van der Waals surface area contributed by atoms with Gasteiger partial charge >= 0.3 is 0 Å². The third-order valence-electron chi connectivity index (χ3n) is 8.72. The average molecular weight is 456 g/mol. The van der Waals surface area contributed by atoms with Crippen LogP contribution in [0.25, 0.3) is 44.2 Å². The number of nitrogens with zero attached hydrogens (tertiary/aromatic N) is 1. The lowest BCUT2D eigenvalue weighted by Crippen LogP contribution is -2.27. The molecule has 0 saturated carbocycles. The van der Waals surface area contributed by atoms with Gasteiger partial charge in [0.25, 0.3) is 0 Å². The molecule has 0 N–H and O–H groups in total. The van der Waals surface area contributed by atoms with E-state index in [1.54, 1.807) is 0 Å². The molecule has 3 aliphatic rings. The van der Waals surface area contributed by atoms with Crippen molar-refractivity contribution in [2.24, 2.45) is 0 Å². The lowest BCUT2D eigenvalue weighted by atomic mass is 9.72. The maximum absolute atomic E-state index is 5.08. The van der Waals surface area contributed by atoms with Crippen LogP contribution in [0, 0.1) is 0 Å². The predicted octanol–water partition coefficient (Wildman–Crippen LogP) is 8.15. The van der Waals surface area contributed by atoms with E-state index in [-0.39, 0.29) is 5.41 Å². The summed E-state index contributed by atoms with van der Waals surface area (Å²) < 4.78 is 0. The number of fused-ring (bicyclic) bond motifs is 15. The van der Waals surface area contributed by atoms with Crippen molar-refractivity contribution in [3.05, 3.63) is 149 Å². The van der Waals surface area contributed by atoms with Crippen molar-refractivity contribution in [2.75, 3.05) is 0 Å². The maximum atomic E-state index is 5.08. The Hall–Kier alpha value is -4.49. The van der Waals surface area contributed by atoms with Gasteiger partial charge in [0.05, 0.1) is 11.1 Å². The molecule has 1 heteroatoms. The Labute approximate surface area is 209 Å². The standard InChI is InChI=1S/C35H21N/c1-2-9-24-21(8-1)15-16-22-18-23-19-32-29(20-28(23)33(22)24)26-11-4-6-14-31(26)35(32)30-13-5-3-10-25(30)27-12-7-17-36-34(27)35/h1-17,19-20H,18H2. The highest BCUT2D eigenvalue weighted by molar-refractivity contribution is 6.03. The Morgan fingerprint density at radius 3 is 2.11 bits per heavy atom. The largest absolute Gasteiger partial charge is 0.259 e. The Morgan fingerprint density at radius 2 is 1.25 bits per heavy atom. The van der Waals surface area contributed by atoms with Crippen molar-refractivity contribution in [3.63, 3.8) is 0 Å². The van der Waals surface area contributed by atoms with Crippen molar-refractivity contribution in [3.8, 4) is 33.4 Å². The first kappa shape index (κ1) is 18.8. The molecule has 0 fully saturated rings. The number of aromatic nitrogens is 1. The highest BCUT2D eigenvalue weighted by atomic mass is 14.7. The van der Waals surface area contributed by atoms with E-state index in [4.69, 9.17) is 4.98 Å². The van der Waals surface area contributed by atoms with Crippen LogP contribution < -0.4 is 0 Å². The van der Waals surface area contributed by atoms with Gasteiger partial charge in [0.2, 0.25) is 0 Å². The first-order valence-electron chi connectivity index (χ1n) is 12.7. The second kappa shape index (κ2) is 6.38. The fraction of sp³-hybridized carbons (Fsp3) is 0.0571. The Morgan fingerprint density at radius 1 is 0.528 bits per heavy atom. The smallest absolute Gasteiger partial charge is 0.0898 e. The SMILES string of the molecule is c1ccc2c(c1)-c1cc3c(cc1C21c2ccccc2-c2cccnc21)Cc1ccc2ccccc2c1-3. The number of hydrogen-bond acceptors (Lipinski definition) is 1. The Bertz CT molecular complexity index is 1880. The van der Waals surface area contributed by atoms with Crippen LogP contribution in [0.4, 0.5) is 0 Å². The van der Waals surface area contributed by atoms with Gasteiger partial charge in [-0.1, -0.05) is 97.1 Å². The lowest BCUT2D eigenvalue weighted by molar-refractivity contribution is 0.759. The fourth-order valence-electron chi connectivity index (χ4n) is 7.37. The summed E-state index contributed by atoms with van der Waals surface area (Å²) in [7, 11) is 0. The van der Waals surface area contributed by atoms with E-state index in [9.17, 15) is 0 Å². The van der Waals surface area contributed by atoms with Crippen LogP contribution in [0.2, 0.25) is 0 Å². The van der Waals surface area contributed by atoms with Crippen LogP contribution in [0.15, 0.2) is 115 Å². The van der Waals surface area contributed by atoms with Crippen LogP contribution in [0.5, 0.6) is 0 Å². The van der Waals surface area contributed by atoms with Crippen LogP contribution >= 0.6 is 0 Å². The molecule has 3 aliphatic carbocycles. The summed E-state index contributed by atoms with van der Waals surface area (Å²) in [5, 5.41) is 2.66. The van der Waals surface area contributed by atoms with E-state index in [1.807, 2.05) is 6.20 Å². The minimum atomic E-state index is -0.370. The zero-order valence-corrected chi connectivity index (χ0v) is 19.6. The van der Waals surface area contributed by atoms with Crippen LogP contribution in [0.3, 0.4) is 0 Å². The Balaban J connectivity index is 1.43. The van der Waals surface area contributed by atoms with Gasteiger partial charge in [-0.05, 0) is 85.0 Å². The van der Waals surface area contributed by atoms with Gasteiger partial charge in [0, 0.05) is 11.8 Å². The minimum Gasteiger partial charge on any atom is -0.259 e. The molecule has 1 aromatic heterocycles. The van der Waals surface area contributed by atoms with Crippen molar-refractivity contribution in [2.45, 2.75) is 11.8 Å². The molecular formula is C35H21N.